The van der Waals surface area contributed by atoms with Crippen LogP contribution < -0.4 is 10.6 Å². The first kappa shape index (κ1) is 15.0. The van der Waals surface area contributed by atoms with Crippen LogP contribution in [0.15, 0.2) is 42.5 Å². The molecule has 0 radical (unpaired) electrons. The molecule has 3 rings (SSSR count). The van der Waals surface area contributed by atoms with Crippen molar-refractivity contribution in [1.82, 2.24) is 0 Å². The van der Waals surface area contributed by atoms with E-state index in [2.05, 4.69) is 80.8 Å². The maximum absolute atomic E-state index is 3.77. The van der Waals surface area contributed by atoms with Crippen molar-refractivity contribution < 1.29 is 0 Å². The molecule has 1 heterocycles. The molecule has 0 aliphatic carbocycles. The van der Waals surface area contributed by atoms with Crippen molar-refractivity contribution in [2.75, 3.05) is 10.6 Å². The number of hydrogen-bond acceptors (Lipinski definition) is 2. The third-order valence-electron chi connectivity index (χ3n) is 4.86. The lowest BCUT2D eigenvalue weighted by Crippen LogP contribution is -2.38. The number of fused-ring (bicyclic) bond motifs is 1. The summed E-state index contributed by atoms with van der Waals surface area (Å²) in [5.74, 6) is 0.542. The molecule has 116 valence electrons. The molecule has 2 N–H and O–H groups in total. The van der Waals surface area contributed by atoms with Gasteiger partial charge in [0, 0.05) is 23.3 Å². The van der Waals surface area contributed by atoms with Gasteiger partial charge in [0.25, 0.3) is 0 Å². The normalized spacial score (nSPS) is 23.5. The van der Waals surface area contributed by atoms with E-state index >= 15 is 0 Å². The summed E-state index contributed by atoms with van der Waals surface area (Å²) in [6.45, 7) is 8.90. The summed E-state index contributed by atoms with van der Waals surface area (Å²) in [5.41, 5.74) is 6.48. The minimum atomic E-state index is 0.351. The molecular weight excluding hydrogens is 268 g/mol. The predicted molar refractivity (Wildman–Crippen MR) is 95.6 cm³/mol. The summed E-state index contributed by atoms with van der Waals surface area (Å²) in [5, 5.41) is 7.47. The first-order valence-electron chi connectivity index (χ1n) is 8.28. The minimum absolute atomic E-state index is 0.351. The van der Waals surface area contributed by atoms with Gasteiger partial charge in [0.15, 0.2) is 0 Å². The monoisotopic (exact) mass is 294 g/mol. The van der Waals surface area contributed by atoms with Gasteiger partial charge in [-0.1, -0.05) is 49.2 Å². The average Bonchev–Trinajstić information content (AvgIpc) is 2.52. The molecule has 1 aliphatic heterocycles. The molecular formula is C20H26N2. The SMILES string of the molecule is CC[C@@H]1Nc2ccc(C)cc2[C@@H](Nc2ccc(C)cc2)[C@@H]1C. The van der Waals surface area contributed by atoms with E-state index in [0.29, 0.717) is 18.0 Å². The van der Waals surface area contributed by atoms with E-state index in [4.69, 9.17) is 0 Å². The van der Waals surface area contributed by atoms with Crippen LogP contribution in [0.25, 0.3) is 0 Å². The van der Waals surface area contributed by atoms with Gasteiger partial charge in [-0.3, -0.25) is 0 Å². The molecule has 0 aromatic heterocycles. The fourth-order valence-electron chi connectivity index (χ4n) is 3.43. The number of hydrogen-bond donors (Lipinski definition) is 2. The Balaban J connectivity index is 1.96. The topological polar surface area (TPSA) is 24.1 Å². The Hall–Kier alpha value is -1.96. The number of aryl methyl sites for hydroxylation is 2. The van der Waals surface area contributed by atoms with E-state index in [1.165, 1.54) is 28.1 Å². The number of benzene rings is 2. The molecule has 0 saturated carbocycles. The molecule has 0 fully saturated rings. The second-order valence-electron chi connectivity index (χ2n) is 6.60. The zero-order valence-corrected chi connectivity index (χ0v) is 14.0. The fraction of sp³-hybridized carbons (Fsp3) is 0.400. The Morgan fingerprint density at radius 2 is 1.68 bits per heavy atom. The zero-order chi connectivity index (χ0) is 15.7. The maximum Gasteiger partial charge on any atom is 0.0579 e. The van der Waals surface area contributed by atoms with Gasteiger partial charge >= 0.3 is 0 Å². The number of rotatable bonds is 3. The summed E-state index contributed by atoms with van der Waals surface area (Å²) in [7, 11) is 0. The van der Waals surface area contributed by atoms with Gasteiger partial charge in [0.1, 0.15) is 0 Å². The lowest BCUT2D eigenvalue weighted by atomic mass is 9.82. The van der Waals surface area contributed by atoms with Crippen LogP contribution >= 0.6 is 0 Å². The summed E-state index contributed by atoms with van der Waals surface area (Å²) < 4.78 is 0. The molecule has 22 heavy (non-hydrogen) atoms. The Labute approximate surface area is 134 Å². The first-order chi connectivity index (χ1) is 10.6. The van der Waals surface area contributed by atoms with Crippen molar-refractivity contribution in [3.8, 4) is 0 Å². The minimum Gasteiger partial charge on any atom is -0.382 e. The largest absolute Gasteiger partial charge is 0.382 e. The maximum atomic E-state index is 3.77. The van der Waals surface area contributed by atoms with Crippen LogP contribution in [0.3, 0.4) is 0 Å². The van der Waals surface area contributed by atoms with Gasteiger partial charge in [-0.15, -0.1) is 0 Å². The van der Waals surface area contributed by atoms with Crippen molar-refractivity contribution in [3.05, 3.63) is 59.2 Å². The lowest BCUT2D eigenvalue weighted by Gasteiger charge is -2.39. The van der Waals surface area contributed by atoms with Gasteiger partial charge in [-0.2, -0.15) is 0 Å². The van der Waals surface area contributed by atoms with E-state index < -0.39 is 0 Å². The van der Waals surface area contributed by atoms with Gasteiger partial charge in [-0.05, 0) is 44.0 Å². The van der Waals surface area contributed by atoms with Crippen LogP contribution in [0.1, 0.15) is 43.0 Å². The Kier molecular flexibility index (Phi) is 4.10. The van der Waals surface area contributed by atoms with Crippen LogP contribution in [0.2, 0.25) is 0 Å². The average molecular weight is 294 g/mol. The van der Waals surface area contributed by atoms with Gasteiger partial charge in [0.05, 0.1) is 6.04 Å². The highest BCUT2D eigenvalue weighted by Gasteiger charge is 2.32. The Morgan fingerprint density at radius 3 is 2.36 bits per heavy atom. The van der Waals surface area contributed by atoms with E-state index in [1.54, 1.807) is 0 Å². The highest BCUT2D eigenvalue weighted by atomic mass is 15.0. The summed E-state index contributed by atoms with van der Waals surface area (Å²) in [6, 6.07) is 16.3. The summed E-state index contributed by atoms with van der Waals surface area (Å²) in [6.07, 6.45) is 1.14. The standard InChI is InChI=1S/C20H26N2/c1-5-18-15(4)20(21-16-9-6-13(2)7-10-16)17-12-14(3)8-11-19(17)22-18/h6-12,15,18,20-22H,5H2,1-4H3/t15-,18+,20+/m1/s1. The molecule has 0 bridgehead atoms. The van der Waals surface area contributed by atoms with Crippen molar-refractivity contribution >= 4 is 11.4 Å². The molecule has 2 aromatic rings. The quantitative estimate of drug-likeness (QED) is 0.803. The second-order valence-corrected chi connectivity index (χ2v) is 6.60. The highest BCUT2D eigenvalue weighted by Crippen LogP contribution is 2.40. The third kappa shape index (κ3) is 2.83. The van der Waals surface area contributed by atoms with Crippen molar-refractivity contribution in [1.29, 1.82) is 0 Å². The molecule has 0 spiro atoms. The Bertz CT molecular complexity index is 645. The van der Waals surface area contributed by atoms with Crippen LogP contribution in [0.4, 0.5) is 11.4 Å². The van der Waals surface area contributed by atoms with E-state index in [1.807, 2.05) is 0 Å². The predicted octanol–water partition coefficient (Wildman–Crippen LogP) is 5.30. The summed E-state index contributed by atoms with van der Waals surface area (Å²) in [4.78, 5) is 0. The van der Waals surface area contributed by atoms with E-state index in [0.717, 1.165) is 6.42 Å². The van der Waals surface area contributed by atoms with Crippen molar-refractivity contribution in [3.63, 3.8) is 0 Å². The molecule has 2 heteroatoms. The zero-order valence-electron chi connectivity index (χ0n) is 14.0. The van der Waals surface area contributed by atoms with Crippen LogP contribution in [-0.2, 0) is 0 Å². The molecule has 2 nitrogen and oxygen atoms in total. The van der Waals surface area contributed by atoms with Crippen molar-refractivity contribution in [2.24, 2.45) is 5.92 Å². The molecule has 0 amide bonds. The highest BCUT2D eigenvalue weighted by molar-refractivity contribution is 5.60. The smallest absolute Gasteiger partial charge is 0.0579 e. The van der Waals surface area contributed by atoms with E-state index in [9.17, 15) is 0 Å². The van der Waals surface area contributed by atoms with Crippen LogP contribution in [-0.4, -0.2) is 6.04 Å². The first-order valence-corrected chi connectivity index (χ1v) is 8.28. The van der Waals surface area contributed by atoms with E-state index in [-0.39, 0.29) is 0 Å². The van der Waals surface area contributed by atoms with Crippen LogP contribution in [0, 0.1) is 19.8 Å². The molecule has 0 saturated heterocycles. The Morgan fingerprint density at radius 1 is 1.00 bits per heavy atom. The van der Waals surface area contributed by atoms with Crippen LogP contribution in [0.5, 0.6) is 0 Å². The molecule has 0 unspecified atom stereocenters. The third-order valence-corrected chi connectivity index (χ3v) is 4.86. The fourth-order valence-corrected chi connectivity index (χ4v) is 3.43. The lowest BCUT2D eigenvalue weighted by molar-refractivity contribution is 0.400. The second kappa shape index (κ2) is 6.04. The molecule has 2 aromatic carbocycles. The number of nitrogens with one attached hydrogen (secondary N) is 2. The number of anilines is 2. The van der Waals surface area contributed by atoms with Gasteiger partial charge < -0.3 is 10.6 Å². The van der Waals surface area contributed by atoms with Gasteiger partial charge in [-0.25, -0.2) is 0 Å². The summed E-state index contributed by atoms with van der Waals surface area (Å²) >= 11 is 0. The molecule has 3 atom stereocenters. The van der Waals surface area contributed by atoms with Gasteiger partial charge in [0.2, 0.25) is 0 Å². The van der Waals surface area contributed by atoms with Crippen molar-refractivity contribution in [2.45, 2.75) is 46.2 Å². The molecule has 1 aliphatic rings.